The molecular formula is C22H24N2O2S. The van der Waals surface area contributed by atoms with Crippen LogP contribution in [0.25, 0.3) is 11.3 Å². The first-order chi connectivity index (χ1) is 13.0. The summed E-state index contributed by atoms with van der Waals surface area (Å²) < 4.78 is 5.66. The van der Waals surface area contributed by atoms with Crippen molar-refractivity contribution in [2.45, 2.75) is 33.6 Å². The van der Waals surface area contributed by atoms with Crippen LogP contribution in [0.1, 0.15) is 28.8 Å². The van der Waals surface area contributed by atoms with Crippen molar-refractivity contribution in [3.8, 4) is 17.0 Å². The molecule has 0 aliphatic heterocycles. The molecule has 0 saturated carbocycles. The molecule has 0 saturated heterocycles. The quantitative estimate of drug-likeness (QED) is 0.548. The van der Waals surface area contributed by atoms with Crippen molar-refractivity contribution < 1.29 is 9.53 Å². The van der Waals surface area contributed by atoms with Gasteiger partial charge in [0, 0.05) is 16.9 Å². The van der Waals surface area contributed by atoms with Crippen LogP contribution in [0.15, 0.2) is 48.5 Å². The van der Waals surface area contributed by atoms with Gasteiger partial charge < -0.3 is 10.1 Å². The van der Waals surface area contributed by atoms with Crippen LogP contribution in [-0.2, 0) is 4.79 Å². The van der Waals surface area contributed by atoms with Crippen LogP contribution in [0.4, 0.5) is 5.13 Å². The van der Waals surface area contributed by atoms with Gasteiger partial charge >= 0.3 is 0 Å². The normalized spacial score (nSPS) is 10.6. The van der Waals surface area contributed by atoms with Gasteiger partial charge in [0.1, 0.15) is 5.75 Å². The summed E-state index contributed by atoms with van der Waals surface area (Å²) in [6, 6.07) is 16.2. The van der Waals surface area contributed by atoms with Crippen LogP contribution in [-0.4, -0.2) is 17.5 Å². The maximum atomic E-state index is 12.2. The number of aryl methyl sites for hydroxylation is 3. The Hall–Kier alpha value is -2.66. The molecule has 27 heavy (non-hydrogen) atoms. The second-order valence-electron chi connectivity index (χ2n) is 6.60. The number of hydrogen-bond acceptors (Lipinski definition) is 4. The Kier molecular flexibility index (Phi) is 6.24. The second kappa shape index (κ2) is 8.82. The van der Waals surface area contributed by atoms with E-state index in [-0.39, 0.29) is 5.91 Å². The highest BCUT2D eigenvalue weighted by Gasteiger charge is 2.12. The first kappa shape index (κ1) is 19.1. The average Bonchev–Trinajstić information content (AvgIpc) is 3.01. The van der Waals surface area contributed by atoms with E-state index in [0.717, 1.165) is 21.9 Å². The van der Waals surface area contributed by atoms with E-state index in [0.29, 0.717) is 24.6 Å². The number of thiazole rings is 1. The van der Waals surface area contributed by atoms with E-state index in [1.165, 1.54) is 22.5 Å². The SMILES string of the molecule is Cc1ccc(OCCCC(=O)Nc2nc(-c3ccc(C)cc3)c(C)s2)cc1. The molecule has 0 unspecified atom stereocenters. The Morgan fingerprint density at radius 3 is 2.30 bits per heavy atom. The molecule has 0 radical (unpaired) electrons. The second-order valence-corrected chi connectivity index (χ2v) is 7.81. The number of nitrogens with one attached hydrogen (secondary N) is 1. The Morgan fingerprint density at radius 1 is 1.00 bits per heavy atom. The molecule has 1 aromatic heterocycles. The fourth-order valence-corrected chi connectivity index (χ4v) is 3.52. The van der Waals surface area contributed by atoms with E-state index in [9.17, 15) is 4.79 Å². The lowest BCUT2D eigenvalue weighted by Crippen LogP contribution is -2.12. The van der Waals surface area contributed by atoms with Gasteiger partial charge in [-0.2, -0.15) is 0 Å². The van der Waals surface area contributed by atoms with Gasteiger partial charge in [-0.3, -0.25) is 4.79 Å². The van der Waals surface area contributed by atoms with Crippen LogP contribution in [0, 0.1) is 20.8 Å². The molecule has 1 N–H and O–H groups in total. The molecule has 0 spiro atoms. The molecule has 1 amide bonds. The molecule has 5 heteroatoms. The van der Waals surface area contributed by atoms with E-state index in [1.54, 1.807) is 0 Å². The van der Waals surface area contributed by atoms with Crippen molar-refractivity contribution in [2.75, 3.05) is 11.9 Å². The number of ether oxygens (including phenoxy) is 1. The molecule has 0 aliphatic rings. The molecule has 4 nitrogen and oxygen atoms in total. The van der Waals surface area contributed by atoms with Gasteiger partial charge in [-0.1, -0.05) is 47.5 Å². The summed E-state index contributed by atoms with van der Waals surface area (Å²) in [5, 5.41) is 3.55. The Balaban J connectivity index is 1.48. The number of hydrogen-bond donors (Lipinski definition) is 1. The van der Waals surface area contributed by atoms with Crippen LogP contribution in [0.2, 0.25) is 0 Å². The van der Waals surface area contributed by atoms with Crippen LogP contribution < -0.4 is 10.1 Å². The van der Waals surface area contributed by atoms with Gasteiger partial charge in [0.2, 0.25) is 5.91 Å². The number of aromatic nitrogens is 1. The van der Waals surface area contributed by atoms with Crippen molar-refractivity contribution in [3.05, 3.63) is 64.5 Å². The number of anilines is 1. The van der Waals surface area contributed by atoms with Gasteiger partial charge in [-0.25, -0.2) is 4.98 Å². The minimum Gasteiger partial charge on any atom is -0.494 e. The fourth-order valence-electron chi connectivity index (χ4n) is 2.67. The molecular weight excluding hydrogens is 356 g/mol. The third-order valence-electron chi connectivity index (χ3n) is 4.21. The maximum Gasteiger partial charge on any atom is 0.226 e. The van der Waals surface area contributed by atoms with Crippen LogP contribution >= 0.6 is 11.3 Å². The molecule has 140 valence electrons. The number of carbonyl (C=O) groups excluding carboxylic acids is 1. The molecule has 1 heterocycles. The lowest BCUT2D eigenvalue weighted by molar-refractivity contribution is -0.116. The first-order valence-electron chi connectivity index (χ1n) is 9.05. The van der Waals surface area contributed by atoms with E-state index in [1.807, 2.05) is 38.1 Å². The minimum atomic E-state index is -0.0355. The van der Waals surface area contributed by atoms with Gasteiger partial charge in [0.15, 0.2) is 5.13 Å². The minimum absolute atomic E-state index is 0.0355. The third kappa shape index (κ3) is 5.41. The number of carbonyl (C=O) groups is 1. The fraction of sp³-hybridized carbons (Fsp3) is 0.273. The number of benzene rings is 2. The zero-order valence-electron chi connectivity index (χ0n) is 15.9. The van der Waals surface area contributed by atoms with Crippen molar-refractivity contribution >= 4 is 22.4 Å². The molecule has 2 aromatic carbocycles. The monoisotopic (exact) mass is 380 g/mol. The summed E-state index contributed by atoms with van der Waals surface area (Å²) in [5.74, 6) is 0.797. The van der Waals surface area contributed by atoms with Crippen molar-refractivity contribution in [2.24, 2.45) is 0 Å². The summed E-state index contributed by atoms with van der Waals surface area (Å²) in [6.07, 6.45) is 1.07. The van der Waals surface area contributed by atoms with Gasteiger partial charge in [0.05, 0.1) is 12.3 Å². The predicted octanol–water partition coefficient (Wildman–Crippen LogP) is 5.53. The van der Waals surface area contributed by atoms with E-state index >= 15 is 0 Å². The van der Waals surface area contributed by atoms with Gasteiger partial charge in [0.25, 0.3) is 0 Å². The maximum absolute atomic E-state index is 12.2. The van der Waals surface area contributed by atoms with Crippen molar-refractivity contribution in [1.82, 2.24) is 4.98 Å². The molecule has 0 atom stereocenters. The van der Waals surface area contributed by atoms with Crippen LogP contribution in [0.5, 0.6) is 5.75 Å². The Morgan fingerprint density at radius 2 is 1.63 bits per heavy atom. The standard InChI is InChI=1S/C22H24N2O2S/c1-15-6-10-18(11-7-15)21-17(3)27-22(24-21)23-20(25)5-4-14-26-19-12-8-16(2)9-13-19/h6-13H,4-5,14H2,1-3H3,(H,23,24,25). The zero-order valence-corrected chi connectivity index (χ0v) is 16.7. The van der Waals surface area contributed by atoms with Crippen molar-refractivity contribution in [3.63, 3.8) is 0 Å². The van der Waals surface area contributed by atoms with Crippen LogP contribution in [0.3, 0.4) is 0 Å². The van der Waals surface area contributed by atoms with Gasteiger partial charge in [-0.15, -0.1) is 11.3 Å². The summed E-state index contributed by atoms with van der Waals surface area (Å²) in [4.78, 5) is 17.9. The highest BCUT2D eigenvalue weighted by molar-refractivity contribution is 7.16. The summed E-state index contributed by atoms with van der Waals surface area (Å²) in [6.45, 7) is 6.64. The lowest BCUT2D eigenvalue weighted by Gasteiger charge is -2.06. The molecule has 3 rings (SSSR count). The summed E-state index contributed by atoms with van der Waals surface area (Å²) in [7, 11) is 0. The molecule has 0 fully saturated rings. The largest absolute Gasteiger partial charge is 0.494 e. The average molecular weight is 381 g/mol. The predicted molar refractivity (Wildman–Crippen MR) is 112 cm³/mol. The summed E-state index contributed by atoms with van der Waals surface area (Å²) >= 11 is 1.50. The van der Waals surface area contributed by atoms with Crippen molar-refractivity contribution in [1.29, 1.82) is 0 Å². The van der Waals surface area contributed by atoms with E-state index in [4.69, 9.17) is 4.74 Å². The summed E-state index contributed by atoms with van der Waals surface area (Å²) in [5.41, 5.74) is 4.41. The van der Waals surface area contributed by atoms with Gasteiger partial charge in [-0.05, 0) is 39.3 Å². The number of amides is 1. The first-order valence-corrected chi connectivity index (χ1v) is 9.87. The molecule has 3 aromatic rings. The third-order valence-corrected chi connectivity index (χ3v) is 5.09. The van der Waals surface area contributed by atoms with E-state index < -0.39 is 0 Å². The van der Waals surface area contributed by atoms with E-state index in [2.05, 4.69) is 41.5 Å². The highest BCUT2D eigenvalue weighted by Crippen LogP contribution is 2.30. The molecule has 0 bridgehead atoms. The lowest BCUT2D eigenvalue weighted by atomic mass is 10.1. The number of rotatable bonds is 7. The smallest absolute Gasteiger partial charge is 0.226 e. The Labute approximate surface area is 164 Å². The number of nitrogens with zero attached hydrogens (tertiary/aromatic N) is 1. The molecule has 0 aliphatic carbocycles. The topological polar surface area (TPSA) is 51.2 Å². The highest BCUT2D eigenvalue weighted by atomic mass is 32.1. The Bertz CT molecular complexity index is 899. The zero-order chi connectivity index (χ0) is 19.2.